The van der Waals surface area contributed by atoms with Crippen LogP contribution < -0.4 is 5.32 Å². The van der Waals surface area contributed by atoms with E-state index in [4.69, 9.17) is 5.11 Å². The fourth-order valence-electron chi connectivity index (χ4n) is 1.08. The summed E-state index contributed by atoms with van der Waals surface area (Å²) >= 11 is 1.56. The van der Waals surface area contributed by atoms with Crippen LogP contribution in [0.4, 0.5) is 0 Å². The van der Waals surface area contributed by atoms with Gasteiger partial charge >= 0.3 is 5.97 Å². The van der Waals surface area contributed by atoms with Crippen LogP contribution in [0, 0.1) is 5.41 Å². The van der Waals surface area contributed by atoms with Crippen molar-refractivity contribution in [2.75, 3.05) is 12.0 Å². The summed E-state index contributed by atoms with van der Waals surface area (Å²) in [5, 5.41) is 11.5. The molecule has 0 aliphatic rings. The molecule has 5 heteroatoms. The molecule has 0 aliphatic carbocycles. The van der Waals surface area contributed by atoms with Crippen LogP contribution in [-0.2, 0) is 9.59 Å². The molecule has 88 valence electrons. The highest BCUT2D eigenvalue weighted by Crippen LogP contribution is 2.19. The summed E-state index contributed by atoms with van der Waals surface area (Å²) in [7, 11) is 0. The van der Waals surface area contributed by atoms with Gasteiger partial charge in [-0.05, 0) is 11.7 Å². The van der Waals surface area contributed by atoms with E-state index >= 15 is 0 Å². The number of hydrogen-bond acceptors (Lipinski definition) is 3. The first-order valence-corrected chi connectivity index (χ1v) is 6.19. The molecule has 0 saturated carbocycles. The first kappa shape index (κ1) is 14.3. The van der Waals surface area contributed by atoms with Gasteiger partial charge < -0.3 is 10.4 Å². The van der Waals surface area contributed by atoms with Crippen LogP contribution >= 0.6 is 11.8 Å². The highest BCUT2D eigenvalue weighted by Gasteiger charge is 2.32. The monoisotopic (exact) mass is 233 g/mol. The topological polar surface area (TPSA) is 66.4 Å². The van der Waals surface area contributed by atoms with Crippen LogP contribution in [-0.4, -0.2) is 35.0 Å². The molecule has 4 nitrogen and oxygen atoms in total. The zero-order chi connectivity index (χ0) is 12.1. The largest absolute Gasteiger partial charge is 0.480 e. The number of carbonyl (C=O) groups excluding carboxylic acids is 1. The summed E-state index contributed by atoms with van der Waals surface area (Å²) in [5.74, 6) is -0.478. The van der Waals surface area contributed by atoms with Gasteiger partial charge in [0.15, 0.2) is 0 Å². The molecule has 2 N–H and O–H groups in total. The van der Waals surface area contributed by atoms with Gasteiger partial charge in [0.2, 0.25) is 5.91 Å². The van der Waals surface area contributed by atoms with Gasteiger partial charge in [-0.15, -0.1) is 0 Å². The van der Waals surface area contributed by atoms with Crippen LogP contribution in [0.15, 0.2) is 0 Å². The molecular weight excluding hydrogens is 214 g/mol. The van der Waals surface area contributed by atoms with E-state index < -0.39 is 17.4 Å². The lowest BCUT2D eigenvalue weighted by Crippen LogP contribution is -2.49. The maximum absolute atomic E-state index is 11.4. The van der Waals surface area contributed by atoms with Crippen LogP contribution in [0.25, 0.3) is 0 Å². The van der Waals surface area contributed by atoms with Crippen molar-refractivity contribution in [1.82, 2.24) is 5.32 Å². The molecule has 0 heterocycles. The number of rotatable bonds is 5. The fraction of sp³-hybridized carbons (Fsp3) is 0.800. The fourth-order valence-corrected chi connectivity index (χ4v) is 1.47. The number of carboxylic acid groups (broad SMARTS) is 1. The highest BCUT2D eigenvalue weighted by molar-refractivity contribution is 7.98. The molecule has 0 aliphatic heterocycles. The van der Waals surface area contributed by atoms with E-state index in [1.807, 2.05) is 6.26 Å². The van der Waals surface area contributed by atoms with Crippen molar-refractivity contribution in [2.45, 2.75) is 33.2 Å². The second-order valence-electron chi connectivity index (χ2n) is 4.45. The minimum absolute atomic E-state index is 0.202. The Balaban J connectivity index is 4.31. The van der Waals surface area contributed by atoms with E-state index in [1.54, 1.807) is 32.5 Å². The quantitative estimate of drug-likeness (QED) is 0.752. The van der Waals surface area contributed by atoms with Gasteiger partial charge in [-0.3, -0.25) is 4.79 Å². The van der Waals surface area contributed by atoms with Gasteiger partial charge in [-0.1, -0.05) is 20.8 Å². The summed E-state index contributed by atoms with van der Waals surface area (Å²) in [6.45, 7) is 5.38. The van der Waals surface area contributed by atoms with Gasteiger partial charge in [0.05, 0.1) is 0 Å². The number of carboxylic acids is 1. The summed E-state index contributed by atoms with van der Waals surface area (Å²) in [6.07, 6.45) is 2.27. The normalized spacial score (nSPS) is 13.3. The Morgan fingerprint density at radius 1 is 1.40 bits per heavy atom. The molecule has 0 aromatic rings. The Bertz CT molecular complexity index is 235. The summed E-state index contributed by atoms with van der Waals surface area (Å²) in [5.41, 5.74) is -0.471. The van der Waals surface area contributed by atoms with Crippen molar-refractivity contribution >= 4 is 23.6 Å². The average Bonchev–Trinajstić information content (AvgIpc) is 2.08. The molecule has 0 radical (unpaired) electrons. The summed E-state index contributed by atoms with van der Waals surface area (Å²) < 4.78 is 0. The number of amides is 1. The summed E-state index contributed by atoms with van der Waals surface area (Å²) in [6, 6.07) is -0.827. The lowest BCUT2D eigenvalue weighted by Gasteiger charge is -2.27. The Hall–Kier alpha value is -0.710. The van der Waals surface area contributed by atoms with Crippen molar-refractivity contribution < 1.29 is 14.7 Å². The smallest absolute Gasteiger partial charge is 0.326 e. The maximum Gasteiger partial charge on any atom is 0.326 e. The van der Waals surface area contributed by atoms with Crippen LogP contribution in [0.1, 0.15) is 27.2 Å². The van der Waals surface area contributed by atoms with Crippen LogP contribution in [0.3, 0.4) is 0 Å². The molecule has 1 amide bonds. The molecule has 0 saturated heterocycles. The van der Waals surface area contributed by atoms with E-state index in [9.17, 15) is 9.59 Å². The molecule has 1 atom stereocenters. The lowest BCUT2D eigenvalue weighted by molar-refractivity contribution is -0.144. The molecule has 0 unspecified atom stereocenters. The number of carbonyl (C=O) groups is 2. The number of hydrogen-bond donors (Lipinski definition) is 2. The highest BCUT2D eigenvalue weighted by atomic mass is 32.2. The third-order valence-electron chi connectivity index (χ3n) is 1.95. The third kappa shape index (κ3) is 5.67. The minimum Gasteiger partial charge on any atom is -0.480 e. The van der Waals surface area contributed by atoms with E-state index in [-0.39, 0.29) is 5.91 Å². The molecule has 0 spiro atoms. The lowest BCUT2D eigenvalue weighted by atomic mass is 9.87. The predicted molar refractivity (Wildman–Crippen MR) is 62.0 cm³/mol. The van der Waals surface area contributed by atoms with Crippen molar-refractivity contribution in [1.29, 1.82) is 0 Å². The molecule has 0 bridgehead atoms. The van der Waals surface area contributed by atoms with Gasteiger partial charge in [0, 0.05) is 12.2 Å². The van der Waals surface area contributed by atoms with Gasteiger partial charge in [-0.25, -0.2) is 4.79 Å². The molecule has 0 fully saturated rings. The Morgan fingerprint density at radius 3 is 2.27 bits per heavy atom. The van der Waals surface area contributed by atoms with Crippen molar-refractivity contribution in [3.63, 3.8) is 0 Å². The molecule has 0 aromatic heterocycles. The standard InChI is InChI=1S/C10H19NO3S/c1-10(2,3)8(9(13)14)11-7(12)5-6-15-4/h8H,5-6H2,1-4H3,(H,11,12)(H,13,14)/t8-/m0/s1. The Labute approximate surface area is 94.8 Å². The molecular formula is C10H19NO3S. The molecule has 0 aromatic carbocycles. The Kier molecular flexibility index (Phi) is 5.72. The number of nitrogens with one attached hydrogen (secondary N) is 1. The third-order valence-corrected chi connectivity index (χ3v) is 2.56. The minimum atomic E-state index is -0.986. The average molecular weight is 233 g/mol. The maximum atomic E-state index is 11.4. The SMILES string of the molecule is CSCCC(=O)N[C@@H](C(=O)O)C(C)(C)C. The second-order valence-corrected chi connectivity index (χ2v) is 5.43. The molecule has 15 heavy (non-hydrogen) atoms. The van der Waals surface area contributed by atoms with Gasteiger partial charge in [-0.2, -0.15) is 11.8 Å². The first-order valence-electron chi connectivity index (χ1n) is 4.80. The van der Waals surface area contributed by atoms with E-state index in [2.05, 4.69) is 5.32 Å². The van der Waals surface area contributed by atoms with Gasteiger partial charge in [0.1, 0.15) is 6.04 Å². The second kappa shape index (κ2) is 6.00. The molecule has 0 rings (SSSR count). The van der Waals surface area contributed by atoms with Crippen LogP contribution in [0.2, 0.25) is 0 Å². The van der Waals surface area contributed by atoms with Crippen molar-refractivity contribution in [3.8, 4) is 0 Å². The Morgan fingerprint density at radius 2 is 1.93 bits per heavy atom. The van der Waals surface area contributed by atoms with E-state index in [0.29, 0.717) is 12.2 Å². The van der Waals surface area contributed by atoms with Gasteiger partial charge in [0.25, 0.3) is 0 Å². The van der Waals surface area contributed by atoms with Crippen LogP contribution in [0.5, 0.6) is 0 Å². The number of thioether (sulfide) groups is 1. The van der Waals surface area contributed by atoms with Crippen molar-refractivity contribution in [3.05, 3.63) is 0 Å². The zero-order valence-electron chi connectivity index (χ0n) is 9.66. The zero-order valence-corrected chi connectivity index (χ0v) is 10.5. The van der Waals surface area contributed by atoms with Crippen molar-refractivity contribution in [2.24, 2.45) is 5.41 Å². The number of aliphatic carboxylic acids is 1. The first-order chi connectivity index (χ1) is 6.79. The van der Waals surface area contributed by atoms with E-state index in [1.165, 1.54) is 0 Å². The van der Waals surface area contributed by atoms with E-state index in [0.717, 1.165) is 0 Å². The predicted octanol–water partition coefficient (Wildman–Crippen LogP) is 1.35. The summed E-state index contributed by atoms with van der Waals surface area (Å²) in [4.78, 5) is 22.3.